The highest BCUT2D eigenvalue weighted by Gasteiger charge is 2.16. The summed E-state index contributed by atoms with van der Waals surface area (Å²) in [5.74, 6) is -0.157. The van der Waals surface area contributed by atoms with E-state index >= 15 is 0 Å². The van der Waals surface area contributed by atoms with E-state index < -0.39 is 0 Å². The summed E-state index contributed by atoms with van der Waals surface area (Å²) in [7, 11) is 0. The highest BCUT2D eigenvalue weighted by molar-refractivity contribution is 6.30. The molecule has 3 rings (SSSR count). The van der Waals surface area contributed by atoms with E-state index in [0.29, 0.717) is 22.3 Å². The Morgan fingerprint density at radius 1 is 0.750 bits per heavy atom. The van der Waals surface area contributed by atoms with Gasteiger partial charge in [-0.05, 0) is 74.6 Å². The zero-order valence-corrected chi connectivity index (χ0v) is 25.5. The third-order valence-electron chi connectivity index (χ3n) is 7.13. The fourth-order valence-electron chi connectivity index (χ4n) is 4.76. The van der Waals surface area contributed by atoms with Crippen LogP contribution < -0.4 is 5.32 Å². The monoisotopic (exact) mass is 581 g/mol. The number of halogens is 2. The summed E-state index contributed by atoms with van der Waals surface area (Å²) in [4.78, 5) is 12.9. The summed E-state index contributed by atoms with van der Waals surface area (Å²) in [6, 6.07) is 16.8. The Morgan fingerprint density at radius 2 is 1.27 bits per heavy atom. The van der Waals surface area contributed by atoms with Gasteiger partial charge in [0.15, 0.2) is 5.69 Å². The molecule has 0 radical (unpaired) electrons. The van der Waals surface area contributed by atoms with E-state index in [0.717, 1.165) is 29.8 Å². The summed E-state index contributed by atoms with van der Waals surface area (Å²) in [6.07, 6.45) is 22.5. The fourth-order valence-corrected chi connectivity index (χ4v) is 5.01. The summed E-state index contributed by atoms with van der Waals surface area (Å²) in [5.41, 5.74) is 2.98. The van der Waals surface area contributed by atoms with Crippen molar-refractivity contribution in [3.05, 3.63) is 82.5 Å². The van der Waals surface area contributed by atoms with Gasteiger partial charge in [0.1, 0.15) is 0 Å². The summed E-state index contributed by atoms with van der Waals surface area (Å²) < 4.78 is 1.78. The van der Waals surface area contributed by atoms with Crippen LogP contribution in [-0.2, 0) is 0 Å². The van der Waals surface area contributed by atoms with Gasteiger partial charge in [0.2, 0.25) is 0 Å². The zero-order valence-electron chi connectivity index (χ0n) is 24.0. The highest BCUT2D eigenvalue weighted by Crippen LogP contribution is 2.26. The number of hydrogen-bond acceptors (Lipinski definition) is 2. The van der Waals surface area contributed by atoms with Gasteiger partial charge in [-0.25, -0.2) is 4.68 Å². The molecule has 1 amide bonds. The van der Waals surface area contributed by atoms with E-state index in [9.17, 15) is 4.79 Å². The van der Waals surface area contributed by atoms with Crippen LogP contribution in [-0.4, -0.2) is 22.2 Å². The second-order valence-corrected chi connectivity index (χ2v) is 11.4. The number of benzene rings is 2. The molecule has 216 valence electrons. The summed E-state index contributed by atoms with van der Waals surface area (Å²) in [6.45, 7) is 2.93. The Hall–Kier alpha value is -2.56. The molecule has 0 aliphatic carbocycles. The average molecular weight is 583 g/mol. The van der Waals surface area contributed by atoms with Gasteiger partial charge < -0.3 is 5.32 Å². The molecule has 2 aromatic carbocycles. The Labute approximate surface area is 251 Å². The molecular weight excluding hydrogens is 537 g/mol. The molecule has 1 heterocycles. The van der Waals surface area contributed by atoms with Gasteiger partial charge >= 0.3 is 0 Å². The molecule has 0 atom stereocenters. The van der Waals surface area contributed by atoms with Crippen LogP contribution >= 0.6 is 23.2 Å². The van der Waals surface area contributed by atoms with Crippen molar-refractivity contribution < 1.29 is 4.79 Å². The molecule has 0 aliphatic heterocycles. The first kappa shape index (κ1) is 32.0. The van der Waals surface area contributed by atoms with Crippen LogP contribution in [0, 0.1) is 0 Å². The largest absolute Gasteiger partial charge is 0.351 e. The standard InChI is InChI=1S/C34H45Cl2N3O/c1-2-3-4-5-6-7-8-9-10-11-12-13-14-15-16-17-26-37-34(40)32-27-33(28-18-20-29(35)21-19-28)39(38-32)31-24-22-30(36)23-25-31/h9-10,18-25,27H,2-8,11-17,26H2,1H3,(H,37,40)/b10-9-. The number of nitrogens with one attached hydrogen (secondary N) is 1. The molecule has 40 heavy (non-hydrogen) atoms. The van der Waals surface area contributed by atoms with Crippen molar-refractivity contribution in [3.63, 3.8) is 0 Å². The number of unbranched alkanes of at least 4 members (excludes halogenated alkanes) is 12. The van der Waals surface area contributed by atoms with Crippen molar-refractivity contribution in [2.45, 2.75) is 96.8 Å². The molecule has 0 spiro atoms. The molecule has 6 heteroatoms. The first-order valence-electron chi connectivity index (χ1n) is 15.1. The lowest BCUT2D eigenvalue weighted by molar-refractivity contribution is 0.0947. The van der Waals surface area contributed by atoms with E-state index in [4.69, 9.17) is 23.2 Å². The van der Waals surface area contributed by atoms with Crippen molar-refractivity contribution in [3.8, 4) is 16.9 Å². The minimum Gasteiger partial charge on any atom is -0.351 e. The SMILES string of the molecule is CCCCCCCC/C=C\CCCCCCCCNC(=O)c1cc(-c2ccc(Cl)cc2)n(-c2ccc(Cl)cc2)n1. The normalized spacial score (nSPS) is 11.4. The molecule has 0 aliphatic rings. The van der Waals surface area contributed by atoms with E-state index in [-0.39, 0.29) is 5.91 Å². The Kier molecular flexibility index (Phi) is 15.0. The van der Waals surface area contributed by atoms with Crippen LogP contribution in [0.3, 0.4) is 0 Å². The van der Waals surface area contributed by atoms with E-state index in [1.54, 1.807) is 4.68 Å². The van der Waals surface area contributed by atoms with Crippen LogP contribution in [0.5, 0.6) is 0 Å². The van der Waals surface area contributed by atoms with Crippen LogP contribution in [0.25, 0.3) is 16.9 Å². The lowest BCUT2D eigenvalue weighted by Crippen LogP contribution is -2.25. The van der Waals surface area contributed by atoms with Gasteiger partial charge in [-0.15, -0.1) is 0 Å². The number of carbonyl (C=O) groups is 1. The van der Waals surface area contributed by atoms with Crippen molar-refractivity contribution >= 4 is 29.1 Å². The number of aromatic nitrogens is 2. The molecule has 0 fully saturated rings. The second-order valence-electron chi connectivity index (χ2n) is 10.5. The van der Waals surface area contributed by atoms with Gasteiger partial charge in [-0.3, -0.25) is 4.79 Å². The van der Waals surface area contributed by atoms with Crippen molar-refractivity contribution in [2.24, 2.45) is 0 Å². The lowest BCUT2D eigenvalue weighted by Gasteiger charge is -2.08. The van der Waals surface area contributed by atoms with Crippen LogP contribution in [0.15, 0.2) is 66.7 Å². The molecular formula is C34H45Cl2N3O. The number of nitrogens with zero attached hydrogens (tertiary/aromatic N) is 2. The van der Waals surface area contributed by atoms with E-state index in [1.807, 2.05) is 54.6 Å². The summed E-state index contributed by atoms with van der Waals surface area (Å²) in [5, 5.41) is 8.98. The summed E-state index contributed by atoms with van der Waals surface area (Å²) >= 11 is 12.2. The molecule has 0 saturated carbocycles. The molecule has 0 saturated heterocycles. The Bertz CT molecular complexity index is 1090. The van der Waals surface area contributed by atoms with E-state index in [2.05, 4.69) is 29.5 Å². The maximum Gasteiger partial charge on any atom is 0.271 e. The third-order valence-corrected chi connectivity index (χ3v) is 7.63. The topological polar surface area (TPSA) is 46.9 Å². The van der Waals surface area contributed by atoms with Gasteiger partial charge in [0.25, 0.3) is 5.91 Å². The quantitative estimate of drug-likeness (QED) is 0.113. The van der Waals surface area contributed by atoms with Gasteiger partial charge in [-0.1, -0.05) is 112 Å². The molecule has 3 aromatic rings. The number of allylic oxidation sites excluding steroid dienone is 2. The Morgan fingerprint density at radius 3 is 1.88 bits per heavy atom. The number of carbonyl (C=O) groups excluding carboxylic acids is 1. The van der Waals surface area contributed by atoms with Crippen molar-refractivity contribution in [2.75, 3.05) is 6.54 Å². The number of rotatable bonds is 19. The molecule has 4 nitrogen and oxygen atoms in total. The lowest BCUT2D eigenvalue weighted by atomic mass is 10.1. The fraction of sp³-hybridized carbons (Fsp3) is 0.471. The molecule has 0 unspecified atom stereocenters. The molecule has 0 bridgehead atoms. The zero-order chi connectivity index (χ0) is 28.4. The second kappa shape index (κ2) is 18.7. The van der Waals surface area contributed by atoms with Crippen LogP contribution in [0.4, 0.5) is 0 Å². The van der Waals surface area contributed by atoms with Crippen molar-refractivity contribution in [1.29, 1.82) is 0 Å². The average Bonchev–Trinajstić information content (AvgIpc) is 3.41. The minimum atomic E-state index is -0.157. The van der Waals surface area contributed by atoms with Crippen molar-refractivity contribution in [1.82, 2.24) is 15.1 Å². The number of hydrogen-bond donors (Lipinski definition) is 1. The highest BCUT2D eigenvalue weighted by atomic mass is 35.5. The third kappa shape index (κ3) is 11.5. The maximum atomic E-state index is 12.9. The van der Waals surface area contributed by atoms with Crippen LogP contribution in [0.1, 0.15) is 107 Å². The first-order chi connectivity index (χ1) is 19.6. The van der Waals surface area contributed by atoms with Crippen LogP contribution in [0.2, 0.25) is 10.0 Å². The number of amides is 1. The molecule has 1 aromatic heterocycles. The van der Waals surface area contributed by atoms with E-state index in [1.165, 1.54) is 77.0 Å². The van der Waals surface area contributed by atoms with Gasteiger partial charge in [0.05, 0.1) is 11.4 Å². The van der Waals surface area contributed by atoms with Gasteiger partial charge in [-0.2, -0.15) is 5.10 Å². The minimum absolute atomic E-state index is 0.157. The molecule has 1 N–H and O–H groups in total. The smallest absolute Gasteiger partial charge is 0.271 e. The maximum absolute atomic E-state index is 12.9. The predicted octanol–water partition coefficient (Wildman–Crippen LogP) is 10.6. The predicted molar refractivity (Wildman–Crippen MR) is 171 cm³/mol. The van der Waals surface area contributed by atoms with Gasteiger partial charge in [0, 0.05) is 22.2 Å². The Balaban J connectivity index is 1.34. The first-order valence-corrected chi connectivity index (χ1v) is 15.9.